The number of halogens is 6. The van der Waals surface area contributed by atoms with Gasteiger partial charge in [-0.3, -0.25) is 0 Å². The van der Waals surface area contributed by atoms with Crippen molar-refractivity contribution >= 4 is 26.8 Å². The number of sulfonamides is 2. The van der Waals surface area contributed by atoms with Crippen LogP contribution in [0, 0.1) is 0 Å². The molecule has 0 bridgehead atoms. The van der Waals surface area contributed by atoms with Gasteiger partial charge in [0.25, 0.3) is 0 Å². The van der Waals surface area contributed by atoms with Gasteiger partial charge in [0, 0.05) is 0 Å². The average molecular weight is 443 g/mol. The Bertz CT molecular complexity index is 629. The fourth-order valence-electron chi connectivity index (χ4n) is 2.58. The second-order valence-electron chi connectivity index (χ2n) is 5.35. The maximum atomic E-state index is 13.1. The van der Waals surface area contributed by atoms with Gasteiger partial charge in [-0.1, -0.05) is 0 Å². The Morgan fingerprint density at radius 3 is 1.24 bits per heavy atom. The Balaban J connectivity index is 7.39. The molecule has 0 radical (unpaired) electrons. The van der Waals surface area contributed by atoms with Crippen LogP contribution >= 0.6 is 6.75 Å². The second-order valence-corrected chi connectivity index (χ2v) is 16.1. The second kappa shape index (κ2) is 7.10. The summed E-state index contributed by atoms with van der Waals surface area (Å²) >= 11 is 0. The van der Waals surface area contributed by atoms with E-state index >= 15 is 0 Å². The number of rotatable bonds is 8. The van der Waals surface area contributed by atoms with E-state index in [0.717, 1.165) is 27.9 Å². The SMILES string of the molecule is CCP(CC)(CC)(COC)N(S(=O)(=O)C(F)(F)F)S(=O)(=O)C(F)(F)F. The van der Waals surface area contributed by atoms with E-state index in [1.807, 2.05) is 0 Å². The molecule has 6 nitrogen and oxygen atoms in total. The van der Waals surface area contributed by atoms with Crippen LogP contribution in [0.3, 0.4) is 0 Å². The molecule has 0 unspecified atom stereocenters. The summed E-state index contributed by atoms with van der Waals surface area (Å²) in [4.78, 5) is 0. The first-order valence-electron chi connectivity index (χ1n) is 6.86. The van der Waals surface area contributed by atoms with Crippen molar-refractivity contribution in [1.82, 2.24) is 3.48 Å². The van der Waals surface area contributed by atoms with Crippen molar-refractivity contribution in [3.8, 4) is 0 Å². The molecule has 0 aromatic carbocycles. The van der Waals surface area contributed by atoms with Crippen LogP contribution in [0.5, 0.6) is 0 Å². The number of hydrogen-bond acceptors (Lipinski definition) is 5. The number of alkyl halides is 6. The van der Waals surface area contributed by atoms with Crippen LogP contribution < -0.4 is 0 Å². The van der Waals surface area contributed by atoms with Gasteiger partial charge in [-0.2, -0.15) is 0 Å². The minimum absolute atomic E-state index is 0.545. The van der Waals surface area contributed by atoms with Crippen LogP contribution in [0.15, 0.2) is 0 Å². The molecule has 154 valence electrons. The molecule has 0 rings (SSSR count). The number of ether oxygens (including phenoxy) is 1. The molecule has 0 atom stereocenters. The topological polar surface area (TPSA) is 80.8 Å². The predicted molar refractivity (Wildman–Crippen MR) is 82.2 cm³/mol. The maximum absolute atomic E-state index is 13.1. The first-order chi connectivity index (χ1) is 10.9. The first-order valence-corrected chi connectivity index (χ1v) is 12.7. The zero-order valence-corrected chi connectivity index (χ0v) is 16.4. The molecule has 0 aromatic heterocycles. The van der Waals surface area contributed by atoms with Crippen molar-refractivity contribution in [2.45, 2.75) is 31.8 Å². The van der Waals surface area contributed by atoms with Crippen molar-refractivity contribution < 1.29 is 47.9 Å². The zero-order chi connectivity index (χ0) is 20.6. The van der Waals surface area contributed by atoms with Gasteiger partial charge in [-0.05, 0) is 0 Å². The molecule has 0 aliphatic rings. The zero-order valence-electron chi connectivity index (χ0n) is 13.8. The summed E-state index contributed by atoms with van der Waals surface area (Å²) in [6, 6.07) is 0. The van der Waals surface area contributed by atoms with Crippen LogP contribution in [0.4, 0.5) is 26.3 Å². The van der Waals surface area contributed by atoms with Crippen LogP contribution in [0.1, 0.15) is 20.8 Å². The van der Waals surface area contributed by atoms with Crippen LogP contribution in [-0.4, -0.2) is 63.3 Å². The molecular formula is C10H20F6NO5PS2. The van der Waals surface area contributed by atoms with Gasteiger partial charge in [0.1, 0.15) is 0 Å². The third-order valence-electron chi connectivity index (χ3n) is 4.36. The third-order valence-corrected chi connectivity index (χ3v) is 18.3. The predicted octanol–water partition coefficient (Wildman–Crippen LogP) is 3.12. The summed E-state index contributed by atoms with van der Waals surface area (Å²) in [5.74, 6) is 0. The van der Waals surface area contributed by atoms with Crippen LogP contribution in [0.2, 0.25) is 0 Å². The fourth-order valence-corrected chi connectivity index (χ4v) is 15.6. The van der Waals surface area contributed by atoms with Crippen molar-refractivity contribution in [2.75, 3.05) is 31.9 Å². The first kappa shape index (κ1) is 24.8. The van der Waals surface area contributed by atoms with Crippen molar-refractivity contribution in [3.05, 3.63) is 0 Å². The van der Waals surface area contributed by atoms with E-state index in [0.29, 0.717) is 0 Å². The summed E-state index contributed by atoms with van der Waals surface area (Å²) in [6.07, 6.45) is -2.50. The summed E-state index contributed by atoms with van der Waals surface area (Å²) < 4.78 is 130. The Hall–Kier alpha value is -0.170. The van der Waals surface area contributed by atoms with Gasteiger partial charge in [-0.15, -0.1) is 0 Å². The van der Waals surface area contributed by atoms with Crippen molar-refractivity contribution in [1.29, 1.82) is 0 Å². The number of methoxy groups -OCH3 is 1. The molecular weight excluding hydrogens is 423 g/mol. The molecule has 0 aliphatic carbocycles. The van der Waals surface area contributed by atoms with E-state index in [1.54, 1.807) is 0 Å². The quantitative estimate of drug-likeness (QED) is 0.426. The van der Waals surface area contributed by atoms with Gasteiger partial charge in [-0.25, -0.2) is 0 Å². The van der Waals surface area contributed by atoms with E-state index in [4.69, 9.17) is 4.74 Å². The molecule has 0 amide bonds. The Kier molecular flexibility index (Phi) is 7.05. The molecule has 25 heavy (non-hydrogen) atoms. The fraction of sp³-hybridized carbons (Fsp3) is 1.00. The molecule has 0 saturated carbocycles. The molecule has 0 spiro atoms. The monoisotopic (exact) mass is 443 g/mol. The van der Waals surface area contributed by atoms with Gasteiger partial charge in [0.2, 0.25) is 0 Å². The molecule has 0 aromatic rings. The summed E-state index contributed by atoms with van der Waals surface area (Å²) in [5.41, 5.74) is -12.5. The molecule has 0 aliphatic heterocycles. The number of hydrogen-bond donors (Lipinski definition) is 0. The van der Waals surface area contributed by atoms with Crippen molar-refractivity contribution in [3.63, 3.8) is 0 Å². The summed E-state index contributed by atoms with van der Waals surface area (Å²) in [7, 11) is -12.8. The van der Waals surface area contributed by atoms with Gasteiger partial charge < -0.3 is 0 Å². The van der Waals surface area contributed by atoms with E-state index in [-0.39, 0.29) is 0 Å². The molecule has 0 fully saturated rings. The van der Waals surface area contributed by atoms with Crippen molar-refractivity contribution in [2.24, 2.45) is 0 Å². The third kappa shape index (κ3) is 3.78. The van der Waals surface area contributed by atoms with Crippen LogP contribution in [0.25, 0.3) is 0 Å². The summed E-state index contributed by atoms with van der Waals surface area (Å²) in [6.45, 7) is -1.45. The standard InChI is InChI=1S/C10H20F6NO5PS2/c1-5-23(6-2,7-3,8-22-4)17(24(18,19)9(11,12)13)25(20,21)10(14,15)16/h5-8H2,1-4H3. The van der Waals surface area contributed by atoms with E-state index in [9.17, 15) is 43.2 Å². The Morgan fingerprint density at radius 2 is 1.08 bits per heavy atom. The van der Waals surface area contributed by atoms with E-state index in [1.165, 1.54) is 0 Å². The molecule has 0 heterocycles. The van der Waals surface area contributed by atoms with Gasteiger partial charge in [0.15, 0.2) is 0 Å². The average Bonchev–Trinajstić information content (AvgIpc) is 2.44. The van der Waals surface area contributed by atoms with Gasteiger partial charge >= 0.3 is 142 Å². The molecule has 0 saturated heterocycles. The normalized spacial score (nSPS) is 16.7. The minimum atomic E-state index is -6.85. The van der Waals surface area contributed by atoms with E-state index in [2.05, 4.69) is 0 Å². The van der Waals surface area contributed by atoms with E-state index < -0.39 is 66.1 Å². The molecule has 0 N–H and O–H groups in total. The summed E-state index contributed by atoms with van der Waals surface area (Å²) in [5, 5.41) is 0. The van der Waals surface area contributed by atoms with Gasteiger partial charge in [0.05, 0.1) is 0 Å². The molecule has 15 heteroatoms. The number of nitrogens with zero attached hydrogens (tertiary/aromatic N) is 1. The van der Waals surface area contributed by atoms with Crippen LogP contribution in [-0.2, 0) is 24.8 Å². The Morgan fingerprint density at radius 1 is 0.800 bits per heavy atom. The Labute approximate surface area is 142 Å².